The van der Waals surface area contributed by atoms with Crippen molar-refractivity contribution in [3.8, 4) is 0 Å². The van der Waals surface area contributed by atoms with Gasteiger partial charge in [-0.05, 0) is 37.1 Å². The monoisotopic (exact) mass is 392 g/mol. The third-order valence-electron chi connectivity index (χ3n) is 5.34. The Hall–Kier alpha value is -3.29. The van der Waals surface area contributed by atoms with E-state index in [0.29, 0.717) is 12.1 Å². The van der Waals surface area contributed by atoms with Crippen molar-refractivity contribution in [1.82, 2.24) is 29.8 Å². The number of aromatic nitrogens is 4. The Kier molecular flexibility index (Phi) is 5.24. The summed E-state index contributed by atoms with van der Waals surface area (Å²) in [5, 5.41) is 8.23. The first-order valence-electron chi connectivity index (χ1n) is 9.76. The standard InChI is InChI=1S/C21H24N6O2/c1-25(2)21(29)15-9-10-17(22-12-15)16-6-5-11-26(13-16)20(28)14-27-19-8-4-3-7-18(19)23-24-27/h3-4,7-10,12,16H,5-6,11,13-14H2,1-2H3/t16-/m0/s1. The van der Waals surface area contributed by atoms with Crippen LogP contribution in [0.5, 0.6) is 0 Å². The van der Waals surface area contributed by atoms with E-state index in [1.807, 2.05) is 41.3 Å². The predicted octanol–water partition coefficient (Wildman–Crippen LogP) is 1.93. The number of rotatable bonds is 4. The molecule has 8 nitrogen and oxygen atoms in total. The first-order chi connectivity index (χ1) is 14.0. The molecule has 3 heterocycles. The molecule has 1 aliphatic rings. The fraction of sp³-hybridized carbons (Fsp3) is 0.381. The molecule has 0 saturated carbocycles. The van der Waals surface area contributed by atoms with Crippen LogP contribution in [0.2, 0.25) is 0 Å². The molecule has 0 unspecified atom stereocenters. The van der Waals surface area contributed by atoms with E-state index in [4.69, 9.17) is 0 Å². The maximum atomic E-state index is 12.9. The Morgan fingerprint density at radius 3 is 2.76 bits per heavy atom. The molecule has 150 valence electrons. The van der Waals surface area contributed by atoms with E-state index in [9.17, 15) is 9.59 Å². The van der Waals surface area contributed by atoms with Crippen LogP contribution in [0.3, 0.4) is 0 Å². The van der Waals surface area contributed by atoms with Gasteiger partial charge >= 0.3 is 0 Å². The summed E-state index contributed by atoms with van der Waals surface area (Å²) in [4.78, 5) is 32.8. The molecule has 0 N–H and O–H groups in total. The van der Waals surface area contributed by atoms with Crippen molar-refractivity contribution in [2.45, 2.75) is 25.3 Å². The number of hydrogen-bond acceptors (Lipinski definition) is 5. The summed E-state index contributed by atoms with van der Waals surface area (Å²) >= 11 is 0. The Morgan fingerprint density at radius 2 is 2.00 bits per heavy atom. The van der Waals surface area contributed by atoms with Gasteiger partial charge in [-0.1, -0.05) is 17.3 Å². The molecule has 3 aromatic rings. The second kappa shape index (κ2) is 7.98. The van der Waals surface area contributed by atoms with Crippen LogP contribution >= 0.6 is 0 Å². The first-order valence-corrected chi connectivity index (χ1v) is 9.76. The molecule has 2 amide bonds. The van der Waals surface area contributed by atoms with E-state index in [0.717, 1.165) is 36.1 Å². The van der Waals surface area contributed by atoms with E-state index in [1.54, 1.807) is 25.0 Å². The summed E-state index contributed by atoms with van der Waals surface area (Å²) < 4.78 is 1.65. The number of piperidine rings is 1. The molecule has 0 aliphatic carbocycles. The lowest BCUT2D eigenvalue weighted by atomic mass is 9.94. The lowest BCUT2D eigenvalue weighted by Gasteiger charge is -2.32. The van der Waals surface area contributed by atoms with Gasteiger partial charge in [-0.3, -0.25) is 14.6 Å². The molecule has 0 bridgehead atoms. The molecule has 4 rings (SSSR count). The summed E-state index contributed by atoms with van der Waals surface area (Å²) in [5.74, 6) is 0.137. The molecule has 1 saturated heterocycles. The minimum absolute atomic E-state index is 0.0322. The van der Waals surface area contributed by atoms with Crippen LogP contribution in [-0.4, -0.2) is 68.8 Å². The van der Waals surface area contributed by atoms with Gasteiger partial charge in [0.1, 0.15) is 12.1 Å². The van der Waals surface area contributed by atoms with Crippen molar-refractivity contribution in [3.05, 3.63) is 53.9 Å². The Bertz CT molecular complexity index is 1030. The molecule has 8 heteroatoms. The Morgan fingerprint density at radius 1 is 1.17 bits per heavy atom. The van der Waals surface area contributed by atoms with Crippen molar-refractivity contribution >= 4 is 22.8 Å². The molecule has 0 spiro atoms. The summed E-state index contributed by atoms with van der Waals surface area (Å²) in [6.07, 6.45) is 3.53. The number of fused-ring (bicyclic) bond motifs is 1. The van der Waals surface area contributed by atoms with E-state index in [2.05, 4.69) is 15.3 Å². The third-order valence-corrected chi connectivity index (χ3v) is 5.34. The van der Waals surface area contributed by atoms with Gasteiger partial charge in [0.15, 0.2) is 0 Å². The van der Waals surface area contributed by atoms with E-state index >= 15 is 0 Å². The molecule has 0 radical (unpaired) electrons. The normalized spacial score (nSPS) is 16.8. The molecule has 29 heavy (non-hydrogen) atoms. The number of nitrogens with zero attached hydrogens (tertiary/aromatic N) is 6. The Labute approximate surface area is 169 Å². The zero-order chi connectivity index (χ0) is 20.4. The van der Waals surface area contributed by atoms with Gasteiger partial charge in [-0.15, -0.1) is 5.10 Å². The van der Waals surface area contributed by atoms with Crippen molar-refractivity contribution in [2.24, 2.45) is 0 Å². The minimum atomic E-state index is -0.0652. The highest BCUT2D eigenvalue weighted by molar-refractivity contribution is 5.93. The van der Waals surface area contributed by atoms with Crippen LogP contribution in [0.1, 0.15) is 34.8 Å². The molecule has 2 aromatic heterocycles. The van der Waals surface area contributed by atoms with E-state index in [-0.39, 0.29) is 24.3 Å². The lowest BCUT2D eigenvalue weighted by molar-refractivity contribution is -0.133. The van der Waals surface area contributed by atoms with Gasteiger partial charge < -0.3 is 9.80 Å². The van der Waals surface area contributed by atoms with Gasteiger partial charge in [0.25, 0.3) is 5.91 Å². The quantitative estimate of drug-likeness (QED) is 0.677. The summed E-state index contributed by atoms with van der Waals surface area (Å²) in [6, 6.07) is 11.3. The molecular weight excluding hydrogens is 368 g/mol. The zero-order valence-electron chi connectivity index (χ0n) is 16.7. The number of carbonyl (C=O) groups excluding carboxylic acids is 2. The number of carbonyl (C=O) groups is 2. The van der Waals surface area contributed by atoms with E-state index < -0.39 is 0 Å². The fourth-order valence-electron chi connectivity index (χ4n) is 3.74. The molecule has 1 fully saturated rings. The van der Waals surface area contributed by atoms with Crippen LogP contribution in [0.4, 0.5) is 0 Å². The summed E-state index contributed by atoms with van der Waals surface area (Å²) in [5.41, 5.74) is 3.13. The number of benzene rings is 1. The SMILES string of the molecule is CN(C)C(=O)c1ccc([C@H]2CCCN(C(=O)Cn3nnc4ccccc43)C2)nc1. The van der Waals surface area contributed by atoms with Crippen molar-refractivity contribution in [1.29, 1.82) is 0 Å². The third kappa shape index (κ3) is 3.96. The second-order valence-corrected chi connectivity index (χ2v) is 7.59. The number of amides is 2. The van der Waals surface area contributed by atoms with Crippen LogP contribution in [0, 0.1) is 0 Å². The summed E-state index contributed by atoms with van der Waals surface area (Å²) in [7, 11) is 3.44. The lowest BCUT2D eigenvalue weighted by Crippen LogP contribution is -2.41. The number of likely N-dealkylation sites (tertiary alicyclic amines) is 1. The van der Waals surface area contributed by atoms with Crippen LogP contribution in [0.15, 0.2) is 42.6 Å². The van der Waals surface area contributed by atoms with Gasteiger partial charge in [0, 0.05) is 45.0 Å². The van der Waals surface area contributed by atoms with Gasteiger partial charge in [0.2, 0.25) is 5.91 Å². The average molecular weight is 392 g/mol. The van der Waals surface area contributed by atoms with Crippen molar-refractivity contribution < 1.29 is 9.59 Å². The smallest absolute Gasteiger partial charge is 0.254 e. The highest BCUT2D eigenvalue weighted by atomic mass is 16.2. The maximum Gasteiger partial charge on any atom is 0.254 e. The number of pyridine rings is 1. The minimum Gasteiger partial charge on any atom is -0.345 e. The Balaban J connectivity index is 1.44. The molecule has 1 atom stereocenters. The van der Waals surface area contributed by atoms with Gasteiger partial charge in [-0.2, -0.15) is 0 Å². The van der Waals surface area contributed by atoms with Gasteiger partial charge in [0.05, 0.1) is 11.1 Å². The second-order valence-electron chi connectivity index (χ2n) is 7.59. The maximum absolute atomic E-state index is 12.9. The van der Waals surface area contributed by atoms with Crippen LogP contribution in [-0.2, 0) is 11.3 Å². The zero-order valence-corrected chi connectivity index (χ0v) is 16.7. The molecule has 1 aliphatic heterocycles. The largest absolute Gasteiger partial charge is 0.345 e. The fourth-order valence-corrected chi connectivity index (χ4v) is 3.74. The number of para-hydroxylation sites is 1. The highest BCUT2D eigenvalue weighted by Gasteiger charge is 2.26. The number of hydrogen-bond donors (Lipinski definition) is 0. The van der Waals surface area contributed by atoms with Gasteiger partial charge in [-0.25, -0.2) is 4.68 Å². The summed E-state index contributed by atoms with van der Waals surface area (Å²) in [6.45, 7) is 1.54. The topological polar surface area (TPSA) is 84.2 Å². The predicted molar refractivity (Wildman–Crippen MR) is 108 cm³/mol. The van der Waals surface area contributed by atoms with Crippen molar-refractivity contribution in [2.75, 3.05) is 27.2 Å². The average Bonchev–Trinajstić information content (AvgIpc) is 3.16. The molecule has 1 aromatic carbocycles. The van der Waals surface area contributed by atoms with Crippen LogP contribution < -0.4 is 0 Å². The molecular formula is C21H24N6O2. The highest BCUT2D eigenvalue weighted by Crippen LogP contribution is 2.26. The van der Waals surface area contributed by atoms with Crippen molar-refractivity contribution in [3.63, 3.8) is 0 Å². The van der Waals surface area contributed by atoms with Crippen LogP contribution in [0.25, 0.3) is 11.0 Å². The van der Waals surface area contributed by atoms with E-state index in [1.165, 1.54) is 4.90 Å². The first kappa shape index (κ1) is 19.0.